The van der Waals surface area contributed by atoms with Crippen molar-refractivity contribution in [3.05, 3.63) is 77.6 Å². The third-order valence-corrected chi connectivity index (χ3v) is 4.79. The molecule has 126 valence electrons. The van der Waals surface area contributed by atoms with E-state index in [-0.39, 0.29) is 11.7 Å². The molecule has 4 nitrogen and oxygen atoms in total. The van der Waals surface area contributed by atoms with Crippen LogP contribution in [-0.4, -0.2) is 21.6 Å². The molecule has 0 aliphatic carbocycles. The summed E-state index contributed by atoms with van der Waals surface area (Å²) in [5.74, 6) is 0.222. The fourth-order valence-corrected chi connectivity index (χ4v) is 3.11. The minimum absolute atomic E-state index is 0.0650. The fraction of sp³-hybridized carbons (Fsp3) is 0.105. The number of aromatic nitrogens is 2. The highest BCUT2D eigenvalue weighted by Crippen LogP contribution is 2.21. The van der Waals surface area contributed by atoms with Crippen LogP contribution in [0.15, 0.2) is 72.0 Å². The largest absolute Gasteiger partial charge is 0.351 e. The molecular weight excluding hydrogens is 354 g/mol. The van der Waals surface area contributed by atoms with Crippen LogP contribution in [0, 0.1) is 0 Å². The zero-order valence-electron chi connectivity index (χ0n) is 13.4. The summed E-state index contributed by atoms with van der Waals surface area (Å²) in [4.78, 5) is 20.5. The number of nitrogens with one attached hydrogen (secondary N) is 1. The van der Waals surface area contributed by atoms with Crippen molar-refractivity contribution in [1.29, 1.82) is 0 Å². The Balaban J connectivity index is 1.55. The lowest BCUT2D eigenvalue weighted by Gasteiger charge is -2.07. The molecule has 0 aliphatic heterocycles. The number of nitrogens with zero attached hydrogens (tertiary/aromatic N) is 2. The van der Waals surface area contributed by atoms with Crippen molar-refractivity contribution in [1.82, 2.24) is 15.3 Å². The Bertz CT molecular complexity index is 858. The molecule has 0 unspecified atom stereocenters. The van der Waals surface area contributed by atoms with Crippen molar-refractivity contribution in [2.75, 3.05) is 5.75 Å². The van der Waals surface area contributed by atoms with Gasteiger partial charge in [0.15, 0.2) is 0 Å². The number of hydrogen-bond acceptors (Lipinski definition) is 4. The van der Waals surface area contributed by atoms with E-state index in [4.69, 9.17) is 11.6 Å². The molecule has 0 bridgehead atoms. The van der Waals surface area contributed by atoms with Gasteiger partial charge < -0.3 is 5.32 Å². The molecule has 3 aromatic rings. The lowest BCUT2D eigenvalue weighted by Crippen LogP contribution is -2.24. The number of hydrogen-bond donors (Lipinski definition) is 1. The van der Waals surface area contributed by atoms with Crippen LogP contribution >= 0.6 is 23.4 Å². The summed E-state index contributed by atoms with van der Waals surface area (Å²) in [5, 5.41) is 4.29. The summed E-state index contributed by atoms with van der Waals surface area (Å²) < 4.78 is 0. The summed E-state index contributed by atoms with van der Waals surface area (Å²) in [5.41, 5.74) is 2.76. The molecule has 1 N–H and O–H groups in total. The van der Waals surface area contributed by atoms with E-state index in [9.17, 15) is 4.79 Å². The van der Waals surface area contributed by atoms with E-state index in [1.807, 2.05) is 60.7 Å². The standard InChI is InChI=1S/C19H16ClN3OS/c20-16-9-5-4-8-15(16)11-21-18(24)12-25-19-10-17(22-13-23-19)14-6-2-1-3-7-14/h1-10,13H,11-12H2,(H,21,24). The molecule has 0 atom stereocenters. The molecule has 0 aliphatic rings. The zero-order chi connectivity index (χ0) is 17.5. The smallest absolute Gasteiger partial charge is 0.230 e. The van der Waals surface area contributed by atoms with Crippen LogP contribution in [0.1, 0.15) is 5.56 Å². The Hall–Kier alpha value is -2.37. The van der Waals surface area contributed by atoms with E-state index in [2.05, 4.69) is 15.3 Å². The second-order valence-electron chi connectivity index (χ2n) is 5.26. The lowest BCUT2D eigenvalue weighted by atomic mass is 10.1. The fourth-order valence-electron chi connectivity index (χ4n) is 2.21. The van der Waals surface area contributed by atoms with Crippen molar-refractivity contribution in [2.45, 2.75) is 11.6 Å². The van der Waals surface area contributed by atoms with Crippen molar-refractivity contribution in [2.24, 2.45) is 0 Å². The predicted octanol–water partition coefficient (Wildman–Crippen LogP) is 4.21. The molecule has 3 rings (SSSR count). The number of rotatable bonds is 6. The molecule has 0 fully saturated rings. The van der Waals surface area contributed by atoms with Crippen LogP contribution in [0.2, 0.25) is 5.02 Å². The summed E-state index contributed by atoms with van der Waals surface area (Å²) in [6.07, 6.45) is 1.52. The van der Waals surface area contributed by atoms with Crippen molar-refractivity contribution in [3.63, 3.8) is 0 Å². The van der Waals surface area contributed by atoms with Crippen LogP contribution in [0.5, 0.6) is 0 Å². The maximum Gasteiger partial charge on any atom is 0.230 e. The number of amides is 1. The van der Waals surface area contributed by atoms with Gasteiger partial charge in [-0.05, 0) is 17.7 Å². The summed E-state index contributed by atoms with van der Waals surface area (Å²) in [6, 6.07) is 19.2. The van der Waals surface area contributed by atoms with Crippen molar-refractivity contribution < 1.29 is 4.79 Å². The van der Waals surface area contributed by atoms with Gasteiger partial charge in [-0.3, -0.25) is 4.79 Å². The van der Waals surface area contributed by atoms with E-state index in [0.29, 0.717) is 11.6 Å². The van der Waals surface area contributed by atoms with Gasteiger partial charge in [0.05, 0.1) is 11.4 Å². The first-order chi connectivity index (χ1) is 12.2. The molecular formula is C19H16ClN3OS. The Morgan fingerprint density at radius 1 is 1.04 bits per heavy atom. The first kappa shape index (κ1) is 17.5. The Morgan fingerprint density at radius 3 is 2.60 bits per heavy atom. The van der Waals surface area contributed by atoms with Crippen LogP contribution in [0.3, 0.4) is 0 Å². The molecule has 0 radical (unpaired) electrons. The van der Waals surface area contributed by atoms with E-state index in [0.717, 1.165) is 21.8 Å². The lowest BCUT2D eigenvalue weighted by molar-refractivity contribution is -0.118. The predicted molar refractivity (Wildman–Crippen MR) is 101 cm³/mol. The molecule has 2 aromatic carbocycles. The van der Waals surface area contributed by atoms with E-state index >= 15 is 0 Å². The zero-order valence-corrected chi connectivity index (χ0v) is 14.9. The Labute approximate surface area is 155 Å². The maximum atomic E-state index is 12.0. The number of benzene rings is 2. The van der Waals surface area contributed by atoms with Crippen LogP contribution in [0.4, 0.5) is 0 Å². The van der Waals surface area contributed by atoms with Gasteiger partial charge in [0.2, 0.25) is 5.91 Å². The molecule has 1 aromatic heterocycles. The SMILES string of the molecule is O=C(CSc1cc(-c2ccccc2)ncn1)NCc1ccccc1Cl. The molecule has 1 heterocycles. The monoisotopic (exact) mass is 369 g/mol. The number of carbonyl (C=O) groups is 1. The quantitative estimate of drug-likeness (QED) is 0.522. The van der Waals surface area contributed by atoms with Gasteiger partial charge in [-0.1, -0.05) is 71.9 Å². The molecule has 0 spiro atoms. The summed E-state index contributed by atoms with van der Waals surface area (Å²) in [7, 11) is 0. The second kappa shape index (κ2) is 8.65. The summed E-state index contributed by atoms with van der Waals surface area (Å²) >= 11 is 7.46. The van der Waals surface area contributed by atoms with Gasteiger partial charge in [-0.25, -0.2) is 9.97 Å². The average Bonchev–Trinajstić information content (AvgIpc) is 2.67. The minimum Gasteiger partial charge on any atom is -0.351 e. The van der Waals surface area contributed by atoms with Crippen LogP contribution < -0.4 is 5.32 Å². The Morgan fingerprint density at radius 2 is 1.80 bits per heavy atom. The first-order valence-electron chi connectivity index (χ1n) is 7.73. The molecule has 25 heavy (non-hydrogen) atoms. The molecule has 1 amide bonds. The molecule has 0 saturated carbocycles. The van der Waals surface area contributed by atoms with Gasteiger partial charge in [0, 0.05) is 17.1 Å². The number of halogens is 1. The Kier molecular flexibility index (Phi) is 6.04. The third kappa shape index (κ3) is 5.05. The third-order valence-electron chi connectivity index (χ3n) is 3.50. The average molecular weight is 370 g/mol. The first-order valence-corrected chi connectivity index (χ1v) is 9.09. The molecule has 6 heteroatoms. The maximum absolute atomic E-state index is 12.0. The van der Waals surface area contributed by atoms with Crippen molar-refractivity contribution in [3.8, 4) is 11.3 Å². The summed E-state index contributed by atoms with van der Waals surface area (Å²) in [6.45, 7) is 0.415. The van der Waals surface area contributed by atoms with E-state index in [1.54, 1.807) is 0 Å². The van der Waals surface area contributed by atoms with Gasteiger partial charge >= 0.3 is 0 Å². The number of carbonyl (C=O) groups excluding carboxylic acids is 1. The van der Waals surface area contributed by atoms with Crippen LogP contribution in [0.25, 0.3) is 11.3 Å². The van der Waals surface area contributed by atoms with Gasteiger partial charge in [0.25, 0.3) is 0 Å². The minimum atomic E-state index is -0.0650. The highest BCUT2D eigenvalue weighted by Gasteiger charge is 2.07. The van der Waals surface area contributed by atoms with E-state index in [1.165, 1.54) is 18.1 Å². The van der Waals surface area contributed by atoms with E-state index < -0.39 is 0 Å². The van der Waals surface area contributed by atoms with Gasteiger partial charge in [0.1, 0.15) is 11.4 Å². The van der Waals surface area contributed by atoms with Crippen molar-refractivity contribution >= 4 is 29.3 Å². The van der Waals surface area contributed by atoms with Gasteiger partial charge in [-0.15, -0.1) is 0 Å². The molecule has 0 saturated heterocycles. The van der Waals surface area contributed by atoms with Gasteiger partial charge in [-0.2, -0.15) is 0 Å². The van der Waals surface area contributed by atoms with Crippen LogP contribution in [-0.2, 0) is 11.3 Å². The normalized spacial score (nSPS) is 10.4. The topological polar surface area (TPSA) is 54.9 Å². The second-order valence-corrected chi connectivity index (χ2v) is 6.67. The highest BCUT2D eigenvalue weighted by molar-refractivity contribution is 7.99. The number of thioether (sulfide) groups is 1. The highest BCUT2D eigenvalue weighted by atomic mass is 35.5.